The third kappa shape index (κ3) is 13.7. The van der Waals surface area contributed by atoms with Crippen molar-refractivity contribution in [2.24, 2.45) is 0 Å². The number of hydrogen-bond acceptors (Lipinski definition) is 4. The summed E-state index contributed by atoms with van der Waals surface area (Å²) in [5, 5.41) is 0. The van der Waals surface area contributed by atoms with E-state index in [1.807, 2.05) is 6.92 Å². The van der Waals surface area contributed by atoms with Gasteiger partial charge in [-0.2, -0.15) is 0 Å². The molecule has 0 aromatic carbocycles. The number of rotatable bonds is 0. The molecule has 12 heavy (non-hydrogen) atoms. The van der Waals surface area contributed by atoms with Gasteiger partial charge >= 0.3 is 0 Å². The third-order valence-electron chi connectivity index (χ3n) is 0.667. The fourth-order valence-electron chi connectivity index (χ4n) is 0.372. The second-order valence-electron chi connectivity index (χ2n) is 1.70. The third-order valence-corrected chi connectivity index (χ3v) is 6.00. The van der Waals surface area contributed by atoms with Crippen molar-refractivity contribution >= 4 is 40.0 Å². The van der Waals surface area contributed by atoms with Crippen molar-refractivity contribution in [1.29, 1.82) is 0 Å². The van der Waals surface area contributed by atoms with Gasteiger partial charge in [-0.3, -0.25) is 0 Å². The van der Waals surface area contributed by atoms with E-state index in [1.165, 1.54) is 0 Å². The summed E-state index contributed by atoms with van der Waals surface area (Å²) >= 11 is 0. The van der Waals surface area contributed by atoms with Crippen molar-refractivity contribution in [3.8, 4) is 0 Å². The molecule has 0 unspecified atom stereocenters. The Kier molecular flexibility index (Phi) is 19.0. The molecule has 1 fully saturated rings. The maximum atomic E-state index is 5.10. The second-order valence-corrected chi connectivity index (χ2v) is 9.17. The van der Waals surface area contributed by atoms with Crippen LogP contribution in [0.15, 0.2) is 12.7 Å². The van der Waals surface area contributed by atoms with Crippen molar-refractivity contribution in [2.45, 2.75) is 6.92 Å². The average molecular weight is 422 g/mol. The van der Waals surface area contributed by atoms with E-state index >= 15 is 0 Å². The Balaban J connectivity index is 0. The number of allylic oxidation sites excluding steroid dienone is 1. The molecule has 0 aliphatic carbocycles. The molecule has 0 bridgehead atoms. The summed E-state index contributed by atoms with van der Waals surface area (Å²) in [5.41, 5.74) is 0. The van der Waals surface area contributed by atoms with Gasteiger partial charge in [0.25, 0.3) is 40.0 Å². The normalized spacial score (nSPS) is 25.1. The van der Waals surface area contributed by atoms with Crippen LogP contribution in [0.1, 0.15) is 6.92 Å². The van der Waals surface area contributed by atoms with E-state index in [-0.39, 0.29) is 21.1 Å². The first-order valence-electron chi connectivity index (χ1n) is 3.29. The molecule has 76 valence electrons. The molecule has 1 heterocycles. The Morgan fingerprint density at radius 2 is 1.08 bits per heavy atom. The first-order valence-corrected chi connectivity index (χ1v) is 7.91. The van der Waals surface area contributed by atoms with Gasteiger partial charge in [-0.25, -0.2) is 0 Å². The Bertz CT molecular complexity index is 72.4. The average Bonchev–Trinajstić information content (AvgIpc) is 1.86. The largest absolute Gasteiger partial charge is 0.425 e. The molecule has 1 saturated heterocycles. The van der Waals surface area contributed by atoms with Crippen molar-refractivity contribution in [1.82, 2.24) is 0 Å². The van der Waals surface area contributed by atoms with Crippen LogP contribution in [-0.2, 0) is 37.5 Å². The molecule has 0 spiro atoms. The van der Waals surface area contributed by atoms with Crippen LogP contribution in [-0.4, -0.2) is 40.0 Å². The molecule has 0 amide bonds. The van der Waals surface area contributed by atoms with Gasteiger partial charge in [0.05, 0.1) is 0 Å². The van der Waals surface area contributed by atoms with Gasteiger partial charge in [-0.1, -0.05) is 6.08 Å². The van der Waals surface area contributed by atoms with Crippen LogP contribution >= 0.6 is 0 Å². The van der Waals surface area contributed by atoms with Crippen LogP contribution in [0.5, 0.6) is 0 Å². The summed E-state index contributed by atoms with van der Waals surface area (Å²) in [5.74, 6) is 0. The Labute approximate surface area is 96.9 Å². The zero-order valence-electron chi connectivity index (χ0n) is 7.06. The van der Waals surface area contributed by atoms with E-state index in [2.05, 4.69) is 6.58 Å². The van der Waals surface area contributed by atoms with Gasteiger partial charge in [0.15, 0.2) is 0 Å². The van der Waals surface area contributed by atoms with Crippen LogP contribution in [0, 0.1) is 0 Å². The van der Waals surface area contributed by atoms with Gasteiger partial charge < -0.3 is 16.5 Å². The van der Waals surface area contributed by atoms with Gasteiger partial charge in [0.2, 0.25) is 0 Å². The maximum absolute atomic E-state index is 5.10. The van der Waals surface area contributed by atoms with Gasteiger partial charge in [0, 0.05) is 21.1 Å². The van der Waals surface area contributed by atoms with E-state index in [9.17, 15) is 0 Å². The Morgan fingerprint density at radius 3 is 1.25 bits per heavy atom. The van der Waals surface area contributed by atoms with E-state index in [0.29, 0.717) is 0 Å². The molecule has 0 aromatic heterocycles. The summed E-state index contributed by atoms with van der Waals surface area (Å²) in [6, 6.07) is 0. The standard InChI is InChI=1S/C3H6.H8O4Si4.Pt/c1-3-2;1-5-2-7-4-8-3-6-1;/h3H,1H2,2H3;5-8H2;. The zero-order chi connectivity index (χ0) is 8.36. The molecular weight excluding hydrogens is 407 g/mol. The van der Waals surface area contributed by atoms with Crippen LogP contribution in [0.25, 0.3) is 0 Å². The van der Waals surface area contributed by atoms with Crippen molar-refractivity contribution in [3.05, 3.63) is 12.7 Å². The predicted octanol–water partition coefficient (Wildman–Crippen LogP) is -2.75. The van der Waals surface area contributed by atoms with Gasteiger partial charge in [-0.05, 0) is 6.92 Å². The minimum Gasteiger partial charge on any atom is -0.425 e. The summed E-state index contributed by atoms with van der Waals surface area (Å²) in [6.07, 6.45) is 1.75. The minimum absolute atomic E-state index is 0. The summed E-state index contributed by atoms with van der Waals surface area (Å²) in [6.45, 7) is 5.25. The predicted molar refractivity (Wildman–Crippen MR) is 54.4 cm³/mol. The second kappa shape index (κ2) is 14.6. The fraction of sp³-hybridized carbons (Fsp3) is 0.333. The fourth-order valence-corrected chi connectivity index (χ4v) is 7.59. The molecular formula is C3H14O4PtSi4. The van der Waals surface area contributed by atoms with Crippen LogP contribution in [0.4, 0.5) is 0 Å². The maximum Gasteiger partial charge on any atom is 0.286 e. The first-order chi connectivity index (χ1) is 5.41. The summed E-state index contributed by atoms with van der Waals surface area (Å²) in [7, 11) is -2.61. The molecule has 1 aliphatic heterocycles. The molecule has 0 saturated carbocycles. The molecule has 1 aliphatic rings. The quantitative estimate of drug-likeness (QED) is 0.314. The van der Waals surface area contributed by atoms with E-state index in [4.69, 9.17) is 16.5 Å². The van der Waals surface area contributed by atoms with Crippen molar-refractivity contribution < 1.29 is 37.5 Å². The van der Waals surface area contributed by atoms with E-state index in [0.717, 1.165) is 0 Å². The zero-order valence-corrected chi connectivity index (χ0v) is 15.0. The van der Waals surface area contributed by atoms with Gasteiger partial charge in [0.1, 0.15) is 0 Å². The molecule has 0 N–H and O–H groups in total. The summed E-state index contributed by atoms with van der Waals surface area (Å²) < 4.78 is 20.4. The van der Waals surface area contributed by atoms with Crippen LogP contribution in [0.2, 0.25) is 0 Å². The van der Waals surface area contributed by atoms with Gasteiger partial charge in [-0.15, -0.1) is 6.58 Å². The smallest absolute Gasteiger partial charge is 0.286 e. The summed E-state index contributed by atoms with van der Waals surface area (Å²) in [4.78, 5) is 0. The molecule has 1 rings (SSSR count). The minimum atomic E-state index is -0.653. The molecule has 0 radical (unpaired) electrons. The number of hydrogen-bond donors (Lipinski definition) is 0. The molecule has 0 atom stereocenters. The molecule has 9 heteroatoms. The van der Waals surface area contributed by atoms with Crippen LogP contribution < -0.4 is 0 Å². The SMILES string of the molecule is C=CC.O1[SiH2]O[SiH2]O[SiH2]O[SiH2]1.[Pt]. The van der Waals surface area contributed by atoms with E-state index in [1.54, 1.807) is 6.08 Å². The molecule has 4 nitrogen and oxygen atoms in total. The Hall–Kier alpha value is 1.14. The van der Waals surface area contributed by atoms with E-state index < -0.39 is 40.0 Å². The first kappa shape index (κ1) is 15.6. The Morgan fingerprint density at radius 1 is 0.917 bits per heavy atom. The van der Waals surface area contributed by atoms with Crippen molar-refractivity contribution in [3.63, 3.8) is 0 Å². The topological polar surface area (TPSA) is 36.9 Å². The van der Waals surface area contributed by atoms with Crippen molar-refractivity contribution in [2.75, 3.05) is 0 Å². The monoisotopic (exact) mass is 421 g/mol. The molecule has 0 aromatic rings. The van der Waals surface area contributed by atoms with Crippen LogP contribution in [0.3, 0.4) is 0 Å².